The predicted octanol–water partition coefficient (Wildman–Crippen LogP) is 1.37. The lowest BCUT2D eigenvalue weighted by Crippen LogP contribution is -2.37. The molecule has 1 aliphatic rings. The van der Waals surface area contributed by atoms with Gasteiger partial charge >= 0.3 is 0 Å². The molecule has 0 unspecified atom stereocenters. The number of likely N-dealkylation sites (N-methyl/N-ethyl adjacent to an activating group) is 1. The van der Waals surface area contributed by atoms with E-state index in [1.54, 1.807) is 11.0 Å². The van der Waals surface area contributed by atoms with Gasteiger partial charge in [-0.05, 0) is 30.7 Å². The van der Waals surface area contributed by atoms with Crippen molar-refractivity contribution in [3.63, 3.8) is 0 Å². The van der Waals surface area contributed by atoms with Gasteiger partial charge < -0.3 is 15.4 Å². The van der Waals surface area contributed by atoms with E-state index in [0.29, 0.717) is 30.2 Å². The number of ether oxygens (including phenoxy) is 1. The van der Waals surface area contributed by atoms with Crippen molar-refractivity contribution in [1.29, 1.82) is 0 Å². The summed E-state index contributed by atoms with van der Waals surface area (Å²) in [5, 5.41) is 0. The van der Waals surface area contributed by atoms with Crippen LogP contribution in [0.15, 0.2) is 18.2 Å². The predicted molar refractivity (Wildman–Crippen MR) is 74.0 cm³/mol. The molecule has 0 radical (unpaired) electrons. The van der Waals surface area contributed by atoms with Crippen molar-refractivity contribution in [2.45, 2.75) is 13.3 Å². The lowest BCUT2D eigenvalue weighted by Gasteiger charge is -2.20. The molecule has 0 fully saturated rings. The highest BCUT2D eigenvalue weighted by atomic mass is 32.1. The average molecular weight is 264 g/mol. The number of fused-ring (bicyclic) bond motifs is 1. The normalized spacial score (nSPS) is 12.7. The highest BCUT2D eigenvalue weighted by molar-refractivity contribution is 7.80. The Morgan fingerprint density at radius 2 is 2.33 bits per heavy atom. The second-order valence-corrected chi connectivity index (χ2v) is 4.73. The van der Waals surface area contributed by atoms with Crippen LogP contribution in [-0.2, 0) is 6.42 Å². The van der Waals surface area contributed by atoms with Crippen LogP contribution in [-0.4, -0.2) is 35.5 Å². The van der Waals surface area contributed by atoms with Crippen LogP contribution in [0.25, 0.3) is 0 Å². The molecule has 0 bridgehead atoms. The molecule has 96 valence electrons. The fourth-order valence-corrected chi connectivity index (χ4v) is 2.17. The van der Waals surface area contributed by atoms with Crippen molar-refractivity contribution < 1.29 is 9.53 Å². The quantitative estimate of drug-likeness (QED) is 0.835. The summed E-state index contributed by atoms with van der Waals surface area (Å²) >= 11 is 4.85. The third-order valence-electron chi connectivity index (χ3n) is 2.95. The fraction of sp³-hybridized carbons (Fsp3) is 0.385. The number of amides is 1. The molecular weight excluding hydrogens is 248 g/mol. The number of benzene rings is 1. The molecule has 18 heavy (non-hydrogen) atoms. The first-order chi connectivity index (χ1) is 8.61. The lowest BCUT2D eigenvalue weighted by molar-refractivity contribution is 0.0788. The molecule has 1 heterocycles. The summed E-state index contributed by atoms with van der Waals surface area (Å²) in [5.74, 6) is 0.837. The molecule has 0 aliphatic carbocycles. The molecule has 4 nitrogen and oxygen atoms in total. The van der Waals surface area contributed by atoms with E-state index < -0.39 is 0 Å². The fourth-order valence-electron chi connectivity index (χ4n) is 2.02. The van der Waals surface area contributed by atoms with E-state index in [4.69, 9.17) is 22.7 Å². The minimum atomic E-state index is -0.0417. The summed E-state index contributed by atoms with van der Waals surface area (Å²) in [7, 11) is 0. The first kappa shape index (κ1) is 12.8. The Morgan fingerprint density at radius 1 is 1.56 bits per heavy atom. The van der Waals surface area contributed by atoms with Crippen molar-refractivity contribution in [3.8, 4) is 5.75 Å². The number of carbonyl (C=O) groups excluding carboxylic acids is 1. The maximum absolute atomic E-state index is 12.3. The maximum atomic E-state index is 12.3. The summed E-state index contributed by atoms with van der Waals surface area (Å²) in [4.78, 5) is 14.2. The van der Waals surface area contributed by atoms with E-state index in [1.807, 2.05) is 19.1 Å². The van der Waals surface area contributed by atoms with Gasteiger partial charge in [-0.15, -0.1) is 0 Å². The van der Waals surface area contributed by atoms with E-state index >= 15 is 0 Å². The van der Waals surface area contributed by atoms with Gasteiger partial charge in [-0.1, -0.05) is 12.2 Å². The Hall–Kier alpha value is -1.62. The molecule has 0 saturated heterocycles. The molecule has 5 heteroatoms. The number of carbonyl (C=O) groups is 1. The van der Waals surface area contributed by atoms with Gasteiger partial charge in [-0.2, -0.15) is 0 Å². The van der Waals surface area contributed by atoms with Crippen molar-refractivity contribution in [3.05, 3.63) is 29.3 Å². The summed E-state index contributed by atoms with van der Waals surface area (Å²) < 4.78 is 5.42. The lowest BCUT2D eigenvalue weighted by atomic mass is 10.1. The SMILES string of the molecule is CCN(CC(N)=S)C(=O)c1ccc2c(c1)CCO2. The van der Waals surface area contributed by atoms with E-state index in [1.165, 1.54) is 0 Å². The van der Waals surface area contributed by atoms with Crippen LogP contribution in [0.2, 0.25) is 0 Å². The Bertz CT molecular complexity index is 488. The van der Waals surface area contributed by atoms with E-state index in [-0.39, 0.29) is 5.91 Å². The van der Waals surface area contributed by atoms with E-state index in [2.05, 4.69) is 0 Å². The molecule has 0 saturated carbocycles. The minimum Gasteiger partial charge on any atom is -0.493 e. The van der Waals surface area contributed by atoms with Crippen molar-refractivity contribution in [2.24, 2.45) is 5.73 Å². The standard InChI is InChI=1S/C13H16N2O2S/c1-2-15(8-12(14)18)13(16)10-3-4-11-9(7-10)5-6-17-11/h3-4,7H,2,5-6,8H2,1H3,(H2,14,18). The largest absolute Gasteiger partial charge is 0.493 e. The number of hydrogen-bond acceptors (Lipinski definition) is 3. The summed E-state index contributed by atoms with van der Waals surface area (Å²) in [6.45, 7) is 3.51. The Labute approximate surface area is 112 Å². The molecule has 2 rings (SSSR count). The van der Waals surface area contributed by atoms with Crippen LogP contribution >= 0.6 is 12.2 Å². The third kappa shape index (κ3) is 2.61. The van der Waals surface area contributed by atoms with Crippen LogP contribution in [0.5, 0.6) is 5.75 Å². The van der Waals surface area contributed by atoms with Crippen LogP contribution < -0.4 is 10.5 Å². The summed E-state index contributed by atoms with van der Waals surface area (Å²) in [6.07, 6.45) is 0.859. The highest BCUT2D eigenvalue weighted by Gasteiger charge is 2.18. The van der Waals surface area contributed by atoms with Gasteiger partial charge in [0.1, 0.15) is 5.75 Å². The molecule has 0 aromatic heterocycles. The number of nitrogens with zero attached hydrogens (tertiary/aromatic N) is 1. The van der Waals surface area contributed by atoms with Crippen LogP contribution in [0.4, 0.5) is 0 Å². The molecule has 1 aromatic rings. The zero-order valence-corrected chi connectivity index (χ0v) is 11.1. The monoisotopic (exact) mass is 264 g/mol. The first-order valence-electron chi connectivity index (χ1n) is 5.95. The Balaban J connectivity index is 2.19. The van der Waals surface area contributed by atoms with E-state index in [9.17, 15) is 4.79 Å². The summed E-state index contributed by atoms with van der Waals surface area (Å²) in [6, 6.07) is 5.53. The topological polar surface area (TPSA) is 55.6 Å². The maximum Gasteiger partial charge on any atom is 0.254 e. The molecule has 2 N–H and O–H groups in total. The molecule has 1 amide bonds. The smallest absolute Gasteiger partial charge is 0.254 e. The van der Waals surface area contributed by atoms with Gasteiger partial charge in [0.25, 0.3) is 5.91 Å². The number of hydrogen-bond donors (Lipinski definition) is 1. The van der Waals surface area contributed by atoms with Crippen LogP contribution in [0.1, 0.15) is 22.8 Å². The summed E-state index contributed by atoms with van der Waals surface area (Å²) in [5.41, 5.74) is 7.25. The molecule has 0 spiro atoms. The Morgan fingerprint density at radius 3 is 3.00 bits per heavy atom. The van der Waals surface area contributed by atoms with Gasteiger partial charge in [-0.25, -0.2) is 0 Å². The Kier molecular flexibility index (Phi) is 3.81. The van der Waals surface area contributed by atoms with Crippen molar-refractivity contribution in [2.75, 3.05) is 19.7 Å². The number of rotatable bonds is 4. The zero-order chi connectivity index (χ0) is 13.1. The van der Waals surface area contributed by atoms with Crippen LogP contribution in [0, 0.1) is 0 Å². The molecule has 0 atom stereocenters. The highest BCUT2D eigenvalue weighted by Crippen LogP contribution is 2.26. The molecule has 1 aliphatic heterocycles. The second-order valence-electron chi connectivity index (χ2n) is 4.21. The van der Waals surface area contributed by atoms with Gasteiger partial charge in [-0.3, -0.25) is 4.79 Å². The first-order valence-corrected chi connectivity index (χ1v) is 6.36. The zero-order valence-electron chi connectivity index (χ0n) is 10.3. The van der Waals surface area contributed by atoms with Gasteiger partial charge in [0, 0.05) is 18.5 Å². The average Bonchev–Trinajstić information content (AvgIpc) is 2.81. The molecule has 1 aromatic carbocycles. The van der Waals surface area contributed by atoms with Gasteiger partial charge in [0.2, 0.25) is 0 Å². The number of nitrogens with two attached hydrogens (primary N) is 1. The second kappa shape index (κ2) is 5.35. The minimum absolute atomic E-state index is 0.0417. The van der Waals surface area contributed by atoms with Crippen molar-refractivity contribution in [1.82, 2.24) is 4.90 Å². The van der Waals surface area contributed by atoms with Crippen LogP contribution in [0.3, 0.4) is 0 Å². The van der Waals surface area contributed by atoms with Gasteiger partial charge in [0.15, 0.2) is 0 Å². The van der Waals surface area contributed by atoms with Crippen molar-refractivity contribution >= 4 is 23.1 Å². The third-order valence-corrected chi connectivity index (χ3v) is 3.08. The molecular formula is C13H16N2O2S. The van der Waals surface area contributed by atoms with E-state index in [0.717, 1.165) is 17.7 Å². The number of thiocarbonyl (C=S) groups is 1. The van der Waals surface area contributed by atoms with Gasteiger partial charge in [0.05, 0.1) is 18.1 Å².